The lowest BCUT2D eigenvalue weighted by molar-refractivity contribution is -0.132. The molecule has 0 radical (unpaired) electrons. The monoisotopic (exact) mass is 299 g/mol. The van der Waals surface area contributed by atoms with Crippen LogP contribution >= 0.6 is 15.9 Å². The fourth-order valence-corrected chi connectivity index (χ4v) is 2.24. The molecule has 2 amide bonds. The first-order valence-electron chi connectivity index (χ1n) is 5.45. The predicted octanol–water partition coefficient (Wildman–Crippen LogP) is 1.13. The van der Waals surface area contributed by atoms with E-state index in [1.54, 1.807) is 24.2 Å². The molecule has 2 heterocycles. The molecular weight excluding hydrogens is 286 g/mol. The highest BCUT2D eigenvalue weighted by molar-refractivity contribution is 9.10. The number of likely N-dealkylation sites (tertiary alicyclic amines) is 1. The number of H-pyrrole nitrogens is 1. The zero-order valence-corrected chi connectivity index (χ0v) is 11.1. The third-order valence-electron chi connectivity index (χ3n) is 2.85. The molecular formula is C11H14BrN3O2. The summed E-state index contributed by atoms with van der Waals surface area (Å²) in [6.45, 7) is 0.576. The number of aromatic amines is 1. The Bertz CT molecular complexity index is 444. The van der Waals surface area contributed by atoms with Gasteiger partial charge in [-0.25, -0.2) is 0 Å². The zero-order chi connectivity index (χ0) is 12.4. The summed E-state index contributed by atoms with van der Waals surface area (Å²) in [5, 5.41) is 2.91. The number of hydrogen-bond acceptors (Lipinski definition) is 2. The first-order chi connectivity index (χ1) is 8.06. The Morgan fingerprint density at radius 1 is 1.65 bits per heavy atom. The molecule has 5 nitrogen and oxygen atoms in total. The molecule has 1 atom stereocenters. The van der Waals surface area contributed by atoms with Crippen LogP contribution in [-0.2, 0) is 4.79 Å². The standard InChI is InChI=1S/C11H14BrN3O2/c1-15-6-8(2-3-10(15)16)14-11(17)9-4-7(12)5-13-9/h4-5,8,13H,2-3,6H2,1H3,(H,14,17). The van der Waals surface area contributed by atoms with Gasteiger partial charge in [0.15, 0.2) is 0 Å². The van der Waals surface area contributed by atoms with Gasteiger partial charge in [-0.2, -0.15) is 0 Å². The number of rotatable bonds is 2. The van der Waals surface area contributed by atoms with Crippen LogP contribution in [0, 0.1) is 0 Å². The molecule has 1 saturated heterocycles. The van der Waals surface area contributed by atoms with E-state index < -0.39 is 0 Å². The molecule has 1 unspecified atom stereocenters. The van der Waals surface area contributed by atoms with Crippen LogP contribution in [0.4, 0.5) is 0 Å². The van der Waals surface area contributed by atoms with Crippen LogP contribution in [0.5, 0.6) is 0 Å². The average molecular weight is 300 g/mol. The molecule has 2 N–H and O–H groups in total. The van der Waals surface area contributed by atoms with Crippen molar-refractivity contribution < 1.29 is 9.59 Å². The van der Waals surface area contributed by atoms with Gasteiger partial charge in [0.25, 0.3) is 5.91 Å². The number of hydrogen-bond donors (Lipinski definition) is 2. The lowest BCUT2D eigenvalue weighted by atomic mass is 10.1. The summed E-state index contributed by atoms with van der Waals surface area (Å²) in [7, 11) is 1.76. The SMILES string of the molecule is CN1CC(NC(=O)c2cc(Br)c[nH]2)CCC1=O. The van der Waals surface area contributed by atoms with E-state index >= 15 is 0 Å². The third-order valence-corrected chi connectivity index (χ3v) is 3.31. The highest BCUT2D eigenvalue weighted by Gasteiger charge is 2.24. The van der Waals surface area contributed by atoms with Gasteiger partial charge in [-0.3, -0.25) is 9.59 Å². The Kier molecular flexibility index (Phi) is 3.51. The third kappa shape index (κ3) is 2.88. The minimum Gasteiger partial charge on any atom is -0.356 e. The molecule has 1 aromatic rings. The number of carbonyl (C=O) groups is 2. The molecule has 0 saturated carbocycles. The summed E-state index contributed by atoms with van der Waals surface area (Å²) < 4.78 is 0.846. The van der Waals surface area contributed by atoms with Gasteiger partial charge in [0.1, 0.15) is 5.69 Å². The largest absolute Gasteiger partial charge is 0.356 e. The summed E-state index contributed by atoms with van der Waals surface area (Å²) in [5.74, 6) is 0.00145. The van der Waals surface area contributed by atoms with E-state index in [1.165, 1.54) is 0 Å². The van der Waals surface area contributed by atoms with Crippen LogP contribution in [0.1, 0.15) is 23.3 Å². The smallest absolute Gasteiger partial charge is 0.268 e. The van der Waals surface area contributed by atoms with Crippen molar-refractivity contribution in [3.63, 3.8) is 0 Å². The second kappa shape index (κ2) is 4.91. The number of amides is 2. The Morgan fingerprint density at radius 3 is 3.00 bits per heavy atom. The van der Waals surface area contributed by atoms with Gasteiger partial charge >= 0.3 is 0 Å². The van der Waals surface area contributed by atoms with Crippen molar-refractivity contribution in [2.45, 2.75) is 18.9 Å². The van der Waals surface area contributed by atoms with Crippen molar-refractivity contribution in [1.29, 1.82) is 0 Å². The summed E-state index contributed by atoms with van der Waals surface area (Å²) in [6, 6.07) is 1.76. The highest BCUT2D eigenvalue weighted by Crippen LogP contribution is 2.13. The van der Waals surface area contributed by atoms with Crippen molar-refractivity contribution in [3.8, 4) is 0 Å². The van der Waals surface area contributed by atoms with Gasteiger partial charge in [-0.15, -0.1) is 0 Å². The zero-order valence-electron chi connectivity index (χ0n) is 9.50. The molecule has 1 aliphatic rings. The van der Waals surface area contributed by atoms with E-state index in [0.29, 0.717) is 25.1 Å². The normalized spacial score (nSPS) is 20.5. The molecule has 1 aromatic heterocycles. The molecule has 2 rings (SSSR count). The van der Waals surface area contributed by atoms with E-state index in [-0.39, 0.29) is 17.9 Å². The number of piperidine rings is 1. The summed E-state index contributed by atoms with van der Waals surface area (Å²) in [4.78, 5) is 27.7. The molecule has 92 valence electrons. The minimum absolute atomic E-state index is 0.0345. The Morgan fingerprint density at radius 2 is 2.41 bits per heavy atom. The average Bonchev–Trinajstić information content (AvgIpc) is 2.70. The second-order valence-corrected chi connectivity index (χ2v) is 5.13. The van der Waals surface area contributed by atoms with Crippen LogP contribution in [0.15, 0.2) is 16.7 Å². The lowest BCUT2D eigenvalue weighted by Gasteiger charge is -2.29. The van der Waals surface area contributed by atoms with Gasteiger partial charge < -0.3 is 15.2 Å². The maximum Gasteiger partial charge on any atom is 0.268 e. The molecule has 1 aliphatic heterocycles. The Hall–Kier alpha value is -1.30. The number of nitrogens with one attached hydrogen (secondary N) is 2. The fraction of sp³-hybridized carbons (Fsp3) is 0.455. The number of nitrogens with zero attached hydrogens (tertiary/aromatic N) is 1. The lowest BCUT2D eigenvalue weighted by Crippen LogP contribution is -2.48. The number of carbonyl (C=O) groups excluding carboxylic acids is 2. The molecule has 0 aromatic carbocycles. The number of aromatic nitrogens is 1. The van der Waals surface area contributed by atoms with Crippen LogP contribution in [-0.4, -0.2) is 41.3 Å². The van der Waals surface area contributed by atoms with Gasteiger partial charge in [0, 0.05) is 36.7 Å². The van der Waals surface area contributed by atoms with E-state index in [4.69, 9.17) is 0 Å². The molecule has 1 fully saturated rings. The molecule has 0 bridgehead atoms. The van der Waals surface area contributed by atoms with Crippen LogP contribution in [0.2, 0.25) is 0 Å². The first kappa shape index (κ1) is 12.2. The molecule has 6 heteroatoms. The topological polar surface area (TPSA) is 65.2 Å². The van der Waals surface area contributed by atoms with Crippen molar-refractivity contribution in [3.05, 3.63) is 22.4 Å². The molecule has 17 heavy (non-hydrogen) atoms. The van der Waals surface area contributed by atoms with Crippen LogP contribution in [0.3, 0.4) is 0 Å². The highest BCUT2D eigenvalue weighted by atomic mass is 79.9. The second-order valence-electron chi connectivity index (χ2n) is 4.21. The molecule has 0 aliphatic carbocycles. The summed E-state index contributed by atoms with van der Waals surface area (Å²) in [6.07, 6.45) is 2.91. The van der Waals surface area contributed by atoms with Crippen LogP contribution < -0.4 is 5.32 Å². The van der Waals surface area contributed by atoms with Gasteiger partial charge in [0.05, 0.1) is 0 Å². The van der Waals surface area contributed by atoms with Crippen LogP contribution in [0.25, 0.3) is 0 Å². The van der Waals surface area contributed by atoms with Gasteiger partial charge in [-0.05, 0) is 28.4 Å². The van der Waals surface area contributed by atoms with E-state index in [2.05, 4.69) is 26.2 Å². The van der Waals surface area contributed by atoms with Gasteiger partial charge in [-0.1, -0.05) is 0 Å². The van der Waals surface area contributed by atoms with Crippen molar-refractivity contribution >= 4 is 27.7 Å². The summed E-state index contributed by atoms with van der Waals surface area (Å²) >= 11 is 3.28. The summed E-state index contributed by atoms with van der Waals surface area (Å²) in [5.41, 5.74) is 0.524. The fourth-order valence-electron chi connectivity index (χ4n) is 1.89. The van der Waals surface area contributed by atoms with E-state index in [1.807, 2.05) is 0 Å². The number of halogens is 1. The molecule has 0 spiro atoms. The van der Waals surface area contributed by atoms with Crippen molar-refractivity contribution in [1.82, 2.24) is 15.2 Å². The van der Waals surface area contributed by atoms with Gasteiger partial charge in [0.2, 0.25) is 5.91 Å². The van der Waals surface area contributed by atoms with E-state index in [9.17, 15) is 9.59 Å². The number of likely N-dealkylation sites (N-methyl/N-ethyl adjacent to an activating group) is 1. The van der Waals surface area contributed by atoms with Crippen molar-refractivity contribution in [2.75, 3.05) is 13.6 Å². The first-order valence-corrected chi connectivity index (χ1v) is 6.24. The quantitative estimate of drug-likeness (QED) is 0.860. The van der Waals surface area contributed by atoms with E-state index in [0.717, 1.165) is 4.47 Å². The Balaban J connectivity index is 1.93. The van der Waals surface area contributed by atoms with Crippen molar-refractivity contribution in [2.24, 2.45) is 0 Å². The minimum atomic E-state index is -0.136. The maximum atomic E-state index is 11.8. The Labute approximate surface area is 108 Å². The predicted molar refractivity (Wildman–Crippen MR) is 66.6 cm³/mol. The maximum absolute atomic E-state index is 11.8.